The minimum Gasteiger partial charge on any atom is -0.394 e. The fourth-order valence-corrected chi connectivity index (χ4v) is 2.52. The number of aliphatic hydroxyl groups is 3. The summed E-state index contributed by atoms with van der Waals surface area (Å²) < 4.78 is 5.26. The van der Waals surface area contributed by atoms with Crippen molar-refractivity contribution in [2.45, 2.75) is 24.4 Å². The lowest BCUT2D eigenvalue weighted by Crippen LogP contribution is -2.32. The van der Waals surface area contributed by atoms with Crippen LogP contribution >= 0.6 is 11.3 Å². The van der Waals surface area contributed by atoms with Crippen molar-refractivity contribution in [2.24, 2.45) is 5.73 Å². The lowest BCUT2D eigenvalue weighted by atomic mass is 10.1. The third kappa shape index (κ3) is 2.17. The molecular formula is C9H12N2O5S. The number of rotatable bonds is 3. The summed E-state index contributed by atoms with van der Waals surface area (Å²) in [5.74, 6) is -0.667. The fraction of sp³-hybridized carbons (Fsp3) is 0.556. The molecule has 1 fully saturated rings. The Kier molecular flexibility index (Phi) is 3.40. The first-order valence-electron chi connectivity index (χ1n) is 4.92. The molecule has 0 aliphatic carbocycles. The number of carbonyl (C=O) groups is 1. The number of ether oxygens (including phenoxy) is 1. The topological polar surface area (TPSA) is 126 Å². The highest BCUT2D eigenvalue weighted by Crippen LogP contribution is 2.34. The van der Waals surface area contributed by atoms with Gasteiger partial charge in [0.05, 0.1) is 6.61 Å². The summed E-state index contributed by atoms with van der Waals surface area (Å²) in [6.45, 7) is -0.400. The molecule has 1 saturated heterocycles. The second-order valence-electron chi connectivity index (χ2n) is 3.69. The van der Waals surface area contributed by atoms with E-state index in [9.17, 15) is 15.0 Å². The minimum absolute atomic E-state index is 0.0859. The highest BCUT2D eigenvalue weighted by atomic mass is 32.1. The first-order valence-corrected chi connectivity index (χ1v) is 5.80. The first-order chi connectivity index (χ1) is 8.04. The molecule has 4 atom stereocenters. The van der Waals surface area contributed by atoms with E-state index in [0.717, 1.165) is 11.3 Å². The highest BCUT2D eigenvalue weighted by molar-refractivity contribution is 7.09. The Morgan fingerprint density at radius 1 is 1.53 bits per heavy atom. The number of amides is 1. The number of hydrogen-bond donors (Lipinski definition) is 4. The molecule has 0 spiro atoms. The number of nitrogens with zero attached hydrogens (tertiary/aromatic N) is 1. The zero-order chi connectivity index (χ0) is 12.6. The van der Waals surface area contributed by atoms with Gasteiger partial charge >= 0.3 is 0 Å². The number of aliphatic hydroxyl groups excluding tert-OH is 3. The van der Waals surface area contributed by atoms with Crippen molar-refractivity contribution in [1.82, 2.24) is 4.98 Å². The Labute approximate surface area is 100 Å². The molecule has 1 amide bonds. The maximum atomic E-state index is 10.9. The lowest BCUT2D eigenvalue weighted by molar-refractivity contribution is -0.0228. The summed E-state index contributed by atoms with van der Waals surface area (Å²) in [4.78, 5) is 14.8. The highest BCUT2D eigenvalue weighted by Gasteiger charge is 2.44. The molecular weight excluding hydrogens is 248 g/mol. The molecule has 2 heterocycles. The van der Waals surface area contributed by atoms with Gasteiger partial charge in [-0.05, 0) is 0 Å². The molecule has 1 aliphatic rings. The number of aromatic nitrogens is 1. The average Bonchev–Trinajstić information content (AvgIpc) is 2.87. The van der Waals surface area contributed by atoms with Crippen LogP contribution in [0.15, 0.2) is 5.38 Å². The quantitative estimate of drug-likeness (QED) is 0.518. The molecule has 2 rings (SSSR count). The monoisotopic (exact) mass is 260 g/mol. The number of thiazole rings is 1. The molecule has 1 aromatic rings. The molecule has 0 aromatic carbocycles. The van der Waals surface area contributed by atoms with Crippen LogP contribution in [0.3, 0.4) is 0 Å². The zero-order valence-corrected chi connectivity index (χ0v) is 9.50. The molecule has 17 heavy (non-hydrogen) atoms. The van der Waals surface area contributed by atoms with Gasteiger partial charge in [0.25, 0.3) is 5.91 Å². The van der Waals surface area contributed by atoms with Crippen LogP contribution in [0.25, 0.3) is 0 Å². The fourth-order valence-electron chi connectivity index (χ4n) is 1.64. The molecule has 0 saturated carbocycles. The standard InChI is InChI=1S/C9H12N2O5S/c10-8(15)3-2-17-9(11-3)7-6(14)5(13)4(1-12)16-7/h2,4-7,12-14H,1H2,(H2,10,15)/t4-,5+,6-,7-/m1/s1. The lowest BCUT2D eigenvalue weighted by Gasteiger charge is -2.11. The molecule has 1 aromatic heterocycles. The Morgan fingerprint density at radius 3 is 2.71 bits per heavy atom. The summed E-state index contributed by atoms with van der Waals surface area (Å²) in [5, 5.41) is 30.0. The van der Waals surface area contributed by atoms with Crippen molar-refractivity contribution in [2.75, 3.05) is 6.61 Å². The van der Waals surface area contributed by atoms with Crippen LogP contribution in [0, 0.1) is 0 Å². The molecule has 0 radical (unpaired) electrons. The number of carbonyl (C=O) groups excluding carboxylic acids is 1. The van der Waals surface area contributed by atoms with Gasteiger partial charge in [-0.3, -0.25) is 4.79 Å². The maximum Gasteiger partial charge on any atom is 0.268 e. The van der Waals surface area contributed by atoms with E-state index in [2.05, 4.69) is 4.98 Å². The predicted octanol–water partition coefficient (Wildman–Crippen LogP) is -1.60. The third-order valence-electron chi connectivity index (χ3n) is 2.56. The molecule has 8 heteroatoms. The molecule has 0 bridgehead atoms. The van der Waals surface area contributed by atoms with Crippen molar-refractivity contribution >= 4 is 17.2 Å². The van der Waals surface area contributed by atoms with E-state index in [1.54, 1.807) is 0 Å². The van der Waals surface area contributed by atoms with Crippen molar-refractivity contribution in [1.29, 1.82) is 0 Å². The van der Waals surface area contributed by atoms with Crippen molar-refractivity contribution in [3.8, 4) is 0 Å². The van der Waals surface area contributed by atoms with Crippen LogP contribution in [0.2, 0.25) is 0 Å². The van der Waals surface area contributed by atoms with Crippen LogP contribution in [0.1, 0.15) is 21.6 Å². The van der Waals surface area contributed by atoms with Gasteiger partial charge in [-0.1, -0.05) is 0 Å². The Balaban J connectivity index is 2.19. The normalized spacial score (nSPS) is 32.9. The van der Waals surface area contributed by atoms with Gasteiger partial charge in [0.2, 0.25) is 0 Å². The number of hydrogen-bond acceptors (Lipinski definition) is 7. The van der Waals surface area contributed by atoms with E-state index in [4.69, 9.17) is 15.6 Å². The number of nitrogens with two attached hydrogens (primary N) is 1. The summed E-state index contributed by atoms with van der Waals surface area (Å²) in [6, 6.07) is 0. The van der Waals surface area contributed by atoms with Gasteiger partial charge in [0.15, 0.2) is 0 Å². The SMILES string of the molecule is NC(=O)c1csc([C@@H]2O[C@H](CO)[C@H](O)[C@H]2O)n1. The van der Waals surface area contributed by atoms with Crippen LogP contribution in [-0.2, 0) is 4.74 Å². The van der Waals surface area contributed by atoms with Gasteiger partial charge in [-0.25, -0.2) is 4.98 Å². The van der Waals surface area contributed by atoms with Crippen LogP contribution < -0.4 is 5.73 Å². The van der Waals surface area contributed by atoms with E-state index < -0.39 is 36.9 Å². The van der Waals surface area contributed by atoms with Crippen LogP contribution in [0.5, 0.6) is 0 Å². The summed E-state index contributed by atoms with van der Waals surface area (Å²) in [7, 11) is 0. The average molecular weight is 260 g/mol. The van der Waals surface area contributed by atoms with E-state index in [-0.39, 0.29) is 5.69 Å². The smallest absolute Gasteiger partial charge is 0.268 e. The van der Waals surface area contributed by atoms with Gasteiger partial charge in [0.1, 0.15) is 35.1 Å². The molecule has 7 nitrogen and oxygen atoms in total. The van der Waals surface area contributed by atoms with Gasteiger partial charge < -0.3 is 25.8 Å². The molecule has 0 unspecified atom stereocenters. The van der Waals surface area contributed by atoms with E-state index >= 15 is 0 Å². The Hall–Kier alpha value is -1.06. The summed E-state index contributed by atoms with van der Waals surface area (Å²) in [5.41, 5.74) is 5.14. The van der Waals surface area contributed by atoms with Crippen molar-refractivity contribution in [3.63, 3.8) is 0 Å². The van der Waals surface area contributed by atoms with Gasteiger partial charge in [-0.15, -0.1) is 11.3 Å². The van der Waals surface area contributed by atoms with Gasteiger partial charge in [0, 0.05) is 5.38 Å². The van der Waals surface area contributed by atoms with Crippen molar-refractivity contribution < 1.29 is 24.9 Å². The van der Waals surface area contributed by atoms with Crippen molar-refractivity contribution in [3.05, 3.63) is 16.1 Å². The maximum absolute atomic E-state index is 10.9. The molecule has 94 valence electrons. The molecule has 5 N–H and O–H groups in total. The van der Waals surface area contributed by atoms with E-state index in [1.807, 2.05) is 0 Å². The zero-order valence-electron chi connectivity index (χ0n) is 8.68. The summed E-state index contributed by atoms with van der Waals surface area (Å²) >= 11 is 1.10. The van der Waals surface area contributed by atoms with E-state index in [1.165, 1.54) is 5.38 Å². The van der Waals surface area contributed by atoms with Gasteiger partial charge in [-0.2, -0.15) is 0 Å². The van der Waals surface area contributed by atoms with Crippen LogP contribution in [0.4, 0.5) is 0 Å². The molecule has 1 aliphatic heterocycles. The Morgan fingerprint density at radius 2 is 2.24 bits per heavy atom. The first kappa shape index (κ1) is 12.4. The minimum atomic E-state index is -1.18. The summed E-state index contributed by atoms with van der Waals surface area (Å²) in [6.07, 6.45) is -4.05. The largest absolute Gasteiger partial charge is 0.394 e. The van der Waals surface area contributed by atoms with E-state index in [0.29, 0.717) is 5.01 Å². The Bertz CT molecular complexity index is 423. The van der Waals surface area contributed by atoms with Crippen LogP contribution in [-0.4, -0.2) is 51.1 Å². The second kappa shape index (κ2) is 4.67. The second-order valence-corrected chi connectivity index (χ2v) is 4.58. The third-order valence-corrected chi connectivity index (χ3v) is 3.47. The number of primary amides is 1. The predicted molar refractivity (Wildman–Crippen MR) is 57.3 cm³/mol.